The molecule has 0 aliphatic heterocycles. The highest BCUT2D eigenvalue weighted by molar-refractivity contribution is 6.30. The average molecular weight is 206 g/mol. The lowest BCUT2D eigenvalue weighted by Crippen LogP contribution is -2.31. The van der Waals surface area contributed by atoms with E-state index < -0.39 is 16.7 Å². The maximum absolute atomic E-state index is 11.6. The molecule has 0 heterocycles. The summed E-state index contributed by atoms with van der Waals surface area (Å²) in [4.78, 5) is 21.5. The molecule has 0 radical (unpaired) electrons. The fraction of sp³-hybridized carbons (Fsp3) is 0.111. The topological polar surface area (TPSA) is 92.8 Å². The average Bonchev–Trinajstić information content (AvgIpc) is 2.52. The summed E-state index contributed by atoms with van der Waals surface area (Å²) in [5.41, 5.74) is 0.360. The number of hydrogen-bond donors (Lipinski definition) is 1. The number of Topliss-reactive ketones (excluding diaryl/α,β-unsaturated/α-hetero) is 1. The van der Waals surface area contributed by atoms with Crippen LogP contribution in [0.15, 0.2) is 29.4 Å². The first-order chi connectivity index (χ1) is 7.16. The zero-order valence-electron chi connectivity index (χ0n) is 7.45. The van der Waals surface area contributed by atoms with E-state index >= 15 is 0 Å². The van der Waals surface area contributed by atoms with E-state index in [1.165, 1.54) is 12.1 Å². The van der Waals surface area contributed by atoms with Crippen LogP contribution in [0.25, 0.3) is 0 Å². The smallest absolute Gasteiger partial charge is 0.320 e. The monoisotopic (exact) mass is 206 g/mol. The van der Waals surface area contributed by atoms with Crippen molar-refractivity contribution in [2.45, 2.75) is 6.04 Å². The maximum atomic E-state index is 11.6. The van der Waals surface area contributed by atoms with Gasteiger partial charge in [0.15, 0.2) is 5.71 Å². The number of benzene rings is 1. The zero-order chi connectivity index (χ0) is 11.0. The van der Waals surface area contributed by atoms with Crippen LogP contribution in [0.4, 0.5) is 0 Å². The van der Waals surface area contributed by atoms with Crippen LogP contribution in [0, 0.1) is 10.1 Å². The normalized spacial score (nSPS) is 21.7. The third-order valence-corrected chi connectivity index (χ3v) is 2.29. The minimum Gasteiger partial charge on any atom is -0.410 e. The number of hydrogen-bond acceptors (Lipinski definition) is 5. The molecule has 0 fully saturated rings. The van der Waals surface area contributed by atoms with E-state index in [1.807, 2.05) is 0 Å². The molecule has 0 spiro atoms. The highest BCUT2D eigenvalue weighted by Crippen LogP contribution is 2.24. The van der Waals surface area contributed by atoms with Crippen LogP contribution >= 0.6 is 0 Å². The van der Waals surface area contributed by atoms with Crippen molar-refractivity contribution in [3.63, 3.8) is 0 Å². The maximum Gasteiger partial charge on any atom is 0.320 e. The summed E-state index contributed by atoms with van der Waals surface area (Å²) in [6.45, 7) is 0. The summed E-state index contributed by atoms with van der Waals surface area (Å²) in [6.07, 6.45) is 0. The second-order valence-corrected chi connectivity index (χ2v) is 3.08. The number of nitrogens with zero attached hydrogens (tertiary/aromatic N) is 2. The van der Waals surface area contributed by atoms with Crippen LogP contribution in [0.3, 0.4) is 0 Å². The molecule has 1 atom stereocenters. The zero-order valence-corrected chi connectivity index (χ0v) is 7.45. The largest absolute Gasteiger partial charge is 0.410 e. The molecule has 1 aliphatic rings. The lowest BCUT2D eigenvalue weighted by atomic mass is 10.1. The van der Waals surface area contributed by atoms with Crippen LogP contribution in [0.5, 0.6) is 0 Å². The molecule has 1 aromatic carbocycles. The number of fused-ring (bicyclic) bond motifs is 1. The van der Waals surface area contributed by atoms with Crippen LogP contribution in [-0.2, 0) is 0 Å². The van der Waals surface area contributed by atoms with Gasteiger partial charge in [-0.2, -0.15) is 0 Å². The Kier molecular flexibility index (Phi) is 1.96. The van der Waals surface area contributed by atoms with Crippen molar-refractivity contribution < 1.29 is 14.9 Å². The molecule has 2 rings (SSSR count). The highest BCUT2D eigenvalue weighted by atomic mass is 16.6. The van der Waals surface area contributed by atoms with E-state index in [-0.39, 0.29) is 11.3 Å². The van der Waals surface area contributed by atoms with Crippen molar-refractivity contribution >= 4 is 11.5 Å². The first-order valence-electron chi connectivity index (χ1n) is 4.16. The van der Waals surface area contributed by atoms with Crippen LogP contribution in [0.2, 0.25) is 0 Å². The van der Waals surface area contributed by atoms with Gasteiger partial charge in [0, 0.05) is 16.1 Å². The molecule has 1 aromatic rings. The molecule has 0 amide bonds. The van der Waals surface area contributed by atoms with Gasteiger partial charge in [-0.1, -0.05) is 29.4 Å². The lowest BCUT2D eigenvalue weighted by Gasteiger charge is -1.98. The van der Waals surface area contributed by atoms with Gasteiger partial charge in [0.2, 0.25) is 5.78 Å². The summed E-state index contributed by atoms with van der Waals surface area (Å²) in [7, 11) is 0. The van der Waals surface area contributed by atoms with Crippen molar-refractivity contribution in [2.75, 3.05) is 0 Å². The van der Waals surface area contributed by atoms with Crippen LogP contribution in [-0.4, -0.2) is 27.7 Å². The van der Waals surface area contributed by atoms with Crippen molar-refractivity contribution in [1.29, 1.82) is 0 Å². The second-order valence-electron chi connectivity index (χ2n) is 3.08. The first-order valence-corrected chi connectivity index (χ1v) is 4.16. The molecule has 1 aliphatic carbocycles. The van der Waals surface area contributed by atoms with Crippen molar-refractivity contribution in [2.24, 2.45) is 5.16 Å². The minimum atomic E-state index is -1.58. The fourth-order valence-electron chi connectivity index (χ4n) is 1.64. The SMILES string of the molecule is O=C1c2ccccc2/C(=N/O)C1[N+](=O)[O-]. The fourth-order valence-corrected chi connectivity index (χ4v) is 1.64. The third-order valence-electron chi connectivity index (χ3n) is 2.29. The van der Waals surface area contributed by atoms with E-state index in [2.05, 4.69) is 5.16 Å². The molecule has 6 nitrogen and oxygen atoms in total. The Hall–Kier alpha value is -2.24. The number of oxime groups is 1. The summed E-state index contributed by atoms with van der Waals surface area (Å²) in [5.74, 6) is -0.636. The van der Waals surface area contributed by atoms with Gasteiger partial charge in [0.1, 0.15) is 0 Å². The van der Waals surface area contributed by atoms with Gasteiger partial charge in [-0.25, -0.2) is 0 Å². The Labute approximate surface area is 84.0 Å². The number of ketones is 1. The molecule has 1 unspecified atom stereocenters. The quantitative estimate of drug-likeness (QED) is 0.416. The molecular weight excluding hydrogens is 200 g/mol. The van der Waals surface area contributed by atoms with Crippen molar-refractivity contribution in [1.82, 2.24) is 0 Å². The van der Waals surface area contributed by atoms with E-state index in [4.69, 9.17) is 5.21 Å². The first kappa shape index (κ1) is 9.32. The summed E-state index contributed by atoms with van der Waals surface area (Å²) < 4.78 is 0. The molecule has 0 saturated heterocycles. The van der Waals surface area contributed by atoms with E-state index in [1.54, 1.807) is 12.1 Å². The van der Waals surface area contributed by atoms with Gasteiger partial charge in [-0.05, 0) is 0 Å². The molecule has 1 N–H and O–H groups in total. The minimum absolute atomic E-state index is 0.194. The van der Waals surface area contributed by atoms with Gasteiger partial charge in [-0.15, -0.1) is 0 Å². The number of carbonyl (C=O) groups is 1. The predicted molar refractivity (Wildman–Crippen MR) is 49.9 cm³/mol. The Bertz CT molecular complexity index is 481. The van der Waals surface area contributed by atoms with Gasteiger partial charge in [0.05, 0.1) is 0 Å². The highest BCUT2D eigenvalue weighted by Gasteiger charge is 2.45. The van der Waals surface area contributed by atoms with Crippen molar-refractivity contribution in [3.8, 4) is 0 Å². The summed E-state index contributed by atoms with van der Waals surface area (Å²) >= 11 is 0. The molecule has 0 saturated carbocycles. The van der Waals surface area contributed by atoms with Crippen molar-refractivity contribution in [3.05, 3.63) is 45.5 Å². The van der Waals surface area contributed by atoms with E-state index in [0.29, 0.717) is 5.56 Å². The number of carbonyl (C=O) groups excluding carboxylic acids is 1. The molecule has 0 aromatic heterocycles. The number of rotatable bonds is 1. The predicted octanol–water partition coefficient (Wildman–Crippen LogP) is 0.706. The van der Waals surface area contributed by atoms with Gasteiger partial charge in [0.25, 0.3) is 0 Å². The van der Waals surface area contributed by atoms with Gasteiger partial charge >= 0.3 is 6.04 Å². The van der Waals surface area contributed by atoms with Crippen LogP contribution in [0.1, 0.15) is 15.9 Å². The molecule has 15 heavy (non-hydrogen) atoms. The molecule has 6 heteroatoms. The van der Waals surface area contributed by atoms with Gasteiger partial charge < -0.3 is 5.21 Å². The van der Waals surface area contributed by atoms with E-state index in [9.17, 15) is 14.9 Å². The lowest BCUT2D eigenvalue weighted by molar-refractivity contribution is -0.486. The Morgan fingerprint density at radius 2 is 1.93 bits per heavy atom. The molecule has 0 bridgehead atoms. The van der Waals surface area contributed by atoms with E-state index in [0.717, 1.165) is 0 Å². The summed E-state index contributed by atoms with van der Waals surface area (Å²) in [6, 6.07) is 4.65. The Morgan fingerprint density at radius 1 is 1.33 bits per heavy atom. The molecular formula is C9H6N2O4. The Morgan fingerprint density at radius 3 is 2.47 bits per heavy atom. The summed E-state index contributed by atoms with van der Waals surface area (Å²) in [5, 5.41) is 22.2. The third kappa shape index (κ3) is 1.18. The molecule has 76 valence electrons. The Balaban J connectivity index is 2.64. The van der Waals surface area contributed by atoms with Crippen LogP contribution < -0.4 is 0 Å². The van der Waals surface area contributed by atoms with Gasteiger partial charge in [-0.3, -0.25) is 14.9 Å². The number of nitro groups is 1. The standard InChI is InChI=1S/C9H6N2O4/c12-9-6-4-2-1-3-5(6)7(10-13)8(9)11(14)15/h1-4,8,13H/b10-7-. The second kappa shape index (κ2) is 3.16.